The lowest BCUT2D eigenvalue weighted by atomic mass is 9.77. The van der Waals surface area contributed by atoms with Gasteiger partial charge in [0, 0.05) is 51.9 Å². The Morgan fingerprint density at radius 2 is 1.46 bits per heavy atom. The van der Waals surface area contributed by atoms with Crippen molar-refractivity contribution in [1.29, 1.82) is 0 Å². The second-order valence-corrected chi connectivity index (χ2v) is 9.43. The summed E-state index contributed by atoms with van der Waals surface area (Å²) in [7, 11) is 0. The molecule has 0 saturated heterocycles. The van der Waals surface area contributed by atoms with Crippen molar-refractivity contribution >= 4 is 23.0 Å². The lowest BCUT2D eigenvalue weighted by Crippen LogP contribution is -2.33. The molecule has 5 nitrogen and oxygen atoms in total. The minimum absolute atomic E-state index is 0.208. The Morgan fingerprint density at radius 1 is 0.730 bits per heavy atom. The summed E-state index contributed by atoms with van der Waals surface area (Å²) in [6.45, 7) is 0. The summed E-state index contributed by atoms with van der Waals surface area (Å²) >= 11 is 0. The first kappa shape index (κ1) is 21.5. The second kappa shape index (κ2) is 8.42. The summed E-state index contributed by atoms with van der Waals surface area (Å²) < 4.78 is 12.8. The number of nitrogens with one attached hydrogen (secondary N) is 2. The number of hydrogen-bond acceptors (Lipinski definition) is 5. The SMILES string of the molecule is O=C1OC2(c3ccc(Nc4ccccc4)cc3Oc3cc(NC4C=CC=CC4)ccc32)c2ccccc21. The van der Waals surface area contributed by atoms with Gasteiger partial charge in [0.2, 0.25) is 0 Å². The molecule has 180 valence electrons. The predicted octanol–water partition coefficient (Wildman–Crippen LogP) is 7.29. The largest absolute Gasteiger partial charge is 0.456 e. The average Bonchev–Trinajstić information content (AvgIpc) is 3.22. The van der Waals surface area contributed by atoms with E-state index in [0.29, 0.717) is 17.1 Å². The number of carbonyl (C=O) groups is 1. The highest BCUT2D eigenvalue weighted by Gasteiger charge is 2.53. The van der Waals surface area contributed by atoms with E-state index < -0.39 is 5.60 Å². The molecule has 0 fully saturated rings. The maximum atomic E-state index is 13.1. The highest BCUT2D eigenvalue weighted by molar-refractivity contribution is 5.97. The quantitative estimate of drug-likeness (QED) is 0.298. The molecule has 2 aliphatic heterocycles. The summed E-state index contributed by atoms with van der Waals surface area (Å²) in [5, 5.41) is 7.00. The molecule has 2 atom stereocenters. The van der Waals surface area contributed by atoms with Crippen LogP contribution in [0.25, 0.3) is 0 Å². The number of allylic oxidation sites excluding steroid dienone is 2. The maximum Gasteiger partial charge on any atom is 0.340 e. The van der Waals surface area contributed by atoms with E-state index >= 15 is 0 Å². The standard InChI is InChI=1S/C32H24N2O3/c35-31-25-13-7-8-14-26(25)32(37-31)27-17-15-23(33-21-9-3-1-4-10-21)19-29(27)36-30-20-24(16-18-28(30)32)34-22-11-5-2-6-12-22/h1-11,13-20,22,33-34H,12H2. The summed E-state index contributed by atoms with van der Waals surface area (Å²) in [5.74, 6) is 0.979. The molecule has 4 aromatic rings. The van der Waals surface area contributed by atoms with Gasteiger partial charge in [0.05, 0.1) is 5.56 Å². The lowest BCUT2D eigenvalue weighted by molar-refractivity contribution is 0.0224. The van der Waals surface area contributed by atoms with Gasteiger partial charge in [-0.25, -0.2) is 4.79 Å². The van der Waals surface area contributed by atoms with Gasteiger partial charge < -0.3 is 20.1 Å². The monoisotopic (exact) mass is 484 g/mol. The molecule has 0 bridgehead atoms. The van der Waals surface area contributed by atoms with Crippen LogP contribution in [0, 0.1) is 0 Å². The van der Waals surface area contributed by atoms with Gasteiger partial charge in [-0.1, -0.05) is 60.7 Å². The summed E-state index contributed by atoms with van der Waals surface area (Å²) in [5.41, 5.74) is 4.75. The summed E-state index contributed by atoms with van der Waals surface area (Å²) in [4.78, 5) is 13.1. The number of rotatable bonds is 4. The lowest BCUT2D eigenvalue weighted by Gasteiger charge is -2.37. The normalized spacial score (nSPS) is 20.4. The van der Waals surface area contributed by atoms with Crippen molar-refractivity contribution in [3.8, 4) is 11.5 Å². The van der Waals surface area contributed by atoms with Crippen molar-refractivity contribution in [3.05, 3.63) is 138 Å². The fourth-order valence-electron chi connectivity index (χ4n) is 5.43. The number of fused-ring (bicyclic) bond motifs is 6. The first-order valence-corrected chi connectivity index (χ1v) is 12.4. The Balaban J connectivity index is 1.36. The molecule has 0 radical (unpaired) electrons. The molecule has 7 rings (SSSR count). The van der Waals surface area contributed by atoms with Crippen molar-refractivity contribution in [3.63, 3.8) is 0 Å². The first-order chi connectivity index (χ1) is 18.2. The Labute approximate surface area is 215 Å². The van der Waals surface area contributed by atoms with Gasteiger partial charge in [-0.2, -0.15) is 0 Å². The van der Waals surface area contributed by atoms with Gasteiger partial charge in [0.1, 0.15) is 11.5 Å². The van der Waals surface area contributed by atoms with Gasteiger partial charge in [-0.15, -0.1) is 0 Å². The topological polar surface area (TPSA) is 59.6 Å². The van der Waals surface area contributed by atoms with Crippen molar-refractivity contribution in [2.75, 3.05) is 10.6 Å². The molecular formula is C32H24N2O3. The highest BCUT2D eigenvalue weighted by atomic mass is 16.6. The fraction of sp³-hybridized carbons (Fsp3) is 0.0938. The second-order valence-electron chi connectivity index (χ2n) is 9.43. The van der Waals surface area contributed by atoms with Crippen LogP contribution in [0.5, 0.6) is 11.5 Å². The summed E-state index contributed by atoms with van der Waals surface area (Å²) in [6, 6.07) is 29.8. The zero-order valence-electron chi connectivity index (χ0n) is 20.0. The molecule has 0 amide bonds. The van der Waals surface area contributed by atoms with E-state index in [1.165, 1.54) is 0 Å². The molecular weight excluding hydrogens is 460 g/mol. The maximum absolute atomic E-state index is 13.1. The third-order valence-electron chi connectivity index (χ3n) is 7.11. The van der Waals surface area contributed by atoms with Crippen molar-refractivity contribution in [1.82, 2.24) is 0 Å². The van der Waals surface area contributed by atoms with Crippen LogP contribution in [0.4, 0.5) is 17.1 Å². The van der Waals surface area contributed by atoms with Crippen LogP contribution in [-0.2, 0) is 10.3 Å². The zero-order valence-corrected chi connectivity index (χ0v) is 20.0. The minimum Gasteiger partial charge on any atom is -0.456 e. The van der Waals surface area contributed by atoms with Crippen LogP contribution in [0.1, 0.15) is 33.5 Å². The minimum atomic E-state index is -1.08. The Hall–Kier alpha value is -4.77. The summed E-state index contributed by atoms with van der Waals surface area (Å²) in [6.07, 6.45) is 9.32. The molecule has 37 heavy (non-hydrogen) atoms. The molecule has 1 aliphatic carbocycles. The highest BCUT2D eigenvalue weighted by Crippen LogP contribution is 2.56. The Kier molecular flexibility index (Phi) is 4.89. The van der Waals surface area contributed by atoms with Crippen LogP contribution in [0.15, 0.2) is 115 Å². The van der Waals surface area contributed by atoms with E-state index in [1.807, 2.05) is 91.0 Å². The van der Waals surface area contributed by atoms with Crippen molar-refractivity contribution in [2.45, 2.75) is 18.1 Å². The van der Waals surface area contributed by atoms with Gasteiger partial charge in [-0.3, -0.25) is 0 Å². The number of anilines is 3. The molecule has 1 spiro atoms. The number of esters is 1. The van der Waals surface area contributed by atoms with Gasteiger partial charge in [-0.05, 0) is 48.9 Å². The predicted molar refractivity (Wildman–Crippen MR) is 145 cm³/mol. The molecule has 3 aliphatic rings. The third-order valence-corrected chi connectivity index (χ3v) is 7.11. The van der Waals surface area contributed by atoms with Gasteiger partial charge in [0.25, 0.3) is 0 Å². The number of para-hydroxylation sites is 1. The molecule has 4 aromatic carbocycles. The van der Waals surface area contributed by atoms with E-state index in [0.717, 1.165) is 40.2 Å². The third kappa shape index (κ3) is 3.51. The zero-order chi connectivity index (χ0) is 24.8. The molecule has 2 heterocycles. The van der Waals surface area contributed by atoms with Crippen LogP contribution < -0.4 is 15.4 Å². The average molecular weight is 485 g/mol. The number of benzene rings is 4. The number of ether oxygens (including phenoxy) is 2. The molecule has 2 unspecified atom stereocenters. The van der Waals surface area contributed by atoms with Gasteiger partial charge >= 0.3 is 5.97 Å². The van der Waals surface area contributed by atoms with E-state index in [1.54, 1.807) is 0 Å². The Bertz CT molecular complexity index is 1590. The van der Waals surface area contributed by atoms with E-state index in [2.05, 4.69) is 34.9 Å². The van der Waals surface area contributed by atoms with Gasteiger partial charge in [0.15, 0.2) is 5.60 Å². The molecule has 5 heteroatoms. The number of hydrogen-bond donors (Lipinski definition) is 2. The Morgan fingerprint density at radius 3 is 2.24 bits per heavy atom. The molecule has 0 saturated carbocycles. The van der Waals surface area contributed by atoms with Crippen LogP contribution in [0.3, 0.4) is 0 Å². The van der Waals surface area contributed by atoms with Crippen molar-refractivity contribution < 1.29 is 14.3 Å². The van der Waals surface area contributed by atoms with Crippen LogP contribution >= 0.6 is 0 Å². The van der Waals surface area contributed by atoms with E-state index in [9.17, 15) is 4.79 Å². The van der Waals surface area contributed by atoms with Crippen LogP contribution in [-0.4, -0.2) is 12.0 Å². The fourth-order valence-corrected chi connectivity index (χ4v) is 5.43. The first-order valence-electron chi connectivity index (χ1n) is 12.4. The molecule has 2 N–H and O–H groups in total. The van der Waals surface area contributed by atoms with E-state index in [4.69, 9.17) is 9.47 Å². The van der Waals surface area contributed by atoms with Crippen molar-refractivity contribution in [2.24, 2.45) is 0 Å². The van der Waals surface area contributed by atoms with E-state index in [-0.39, 0.29) is 12.0 Å². The van der Waals surface area contributed by atoms with Crippen LogP contribution in [0.2, 0.25) is 0 Å². The number of carbonyl (C=O) groups excluding carboxylic acids is 1. The molecule has 0 aromatic heterocycles. The smallest absolute Gasteiger partial charge is 0.340 e.